The van der Waals surface area contributed by atoms with Gasteiger partial charge in [-0.1, -0.05) is 71.8 Å². The lowest BCUT2D eigenvalue weighted by atomic mass is 9.83. The van der Waals surface area contributed by atoms with Crippen molar-refractivity contribution in [1.29, 1.82) is 0 Å². The molecule has 2 atom stereocenters. The summed E-state index contributed by atoms with van der Waals surface area (Å²) < 4.78 is 13.9. The largest absolute Gasteiger partial charge is 0.352 e. The summed E-state index contributed by atoms with van der Waals surface area (Å²) in [5.41, 5.74) is 5.04. The summed E-state index contributed by atoms with van der Waals surface area (Å²) in [5, 5.41) is 3.87. The number of nitrogens with zero attached hydrogens (tertiary/aromatic N) is 1. The molecular formula is C28H30ClFN2O. The summed E-state index contributed by atoms with van der Waals surface area (Å²) in [5.74, 6) is -0.143. The smallest absolute Gasteiger partial charge is 0.224 e. The number of amides is 1. The molecule has 4 rings (SSSR count). The van der Waals surface area contributed by atoms with Crippen LogP contribution < -0.4 is 5.32 Å². The minimum atomic E-state index is -0.199. The Morgan fingerprint density at radius 2 is 1.88 bits per heavy atom. The molecule has 33 heavy (non-hydrogen) atoms. The van der Waals surface area contributed by atoms with Crippen molar-refractivity contribution in [3.8, 4) is 0 Å². The van der Waals surface area contributed by atoms with Crippen LogP contribution in [-0.2, 0) is 17.9 Å². The third-order valence-electron chi connectivity index (χ3n) is 6.45. The topological polar surface area (TPSA) is 32.3 Å². The summed E-state index contributed by atoms with van der Waals surface area (Å²) in [7, 11) is 0. The Bertz CT molecular complexity index is 1130. The molecule has 1 saturated heterocycles. The lowest BCUT2D eigenvalue weighted by Gasteiger charge is -2.37. The van der Waals surface area contributed by atoms with Gasteiger partial charge in [0.25, 0.3) is 0 Å². The second kappa shape index (κ2) is 10.5. The fraction of sp³-hybridized carbons (Fsp3) is 0.321. The molecule has 5 heteroatoms. The quantitative estimate of drug-likeness (QED) is 0.484. The van der Waals surface area contributed by atoms with E-state index >= 15 is 0 Å². The van der Waals surface area contributed by atoms with Crippen LogP contribution in [0.3, 0.4) is 0 Å². The van der Waals surface area contributed by atoms with E-state index in [1.807, 2.05) is 61.5 Å². The van der Waals surface area contributed by atoms with Crippen LogP contribution in [0, 0.1) is 25.6 Å². The lowest BCUT2D eigenvalue weighted by Crippen LogP contribution is -2.45. The monoisotopic (exact) mass is 464 g/mol. The van der Waals surface area contributed by atoms with Crippen molar-refractivity contribution in [2.75, 3.05) is 13.1 Å². The normalized spacial score (nSPS) is 18.8. The third-order valence-corrected chi connectivity index (χ3v) is 6.82. The van der Waals surface area contributed by atoms with Crippen molar-refractivity contribution in [3.05, 3.63) is 105 Å². The average molecular weight is 465 g/mol. The molecule has 1 fully saturated rings. The van der Waals surface area contributed by atoms with E-state index in [-0.39, 0.29) is 23.6 Å². The minimum absolute atomic E-state index is 0.0594. The number of rotatable bonds is 6. The van der Waals surface area contributed by atoms with Gasteiger partial charge < -0.3 is 5.32 Å². The van der Waals surface area contributed by atoms with Crippen molar-refractivity contribution in [2.24, 2.45) is 5.92 Å². The number of likely N-dealkylation sites (tertiary alicyclic amines) is 1. The standard InChI is InChI=1S/C28H30ClFN2O/c1-19-6-5-7-21(12-19)15-31-28(33)25-14-24(22-10-11-27(30)20(2)13-22)17-32(18-25)16-23-8-3-4-9-26(23)29/h3-13,24-25H,14-18H2,1-2H3,(H,31,33)/t24-,25+/m1/s1. The second-order valence-electron chi connectivity index (χ2n) is 9.13. The molecule has 0 saturated carbocycles. The predicted molar refractivity (Wildman–Crippen MR) is 132 cm³/mol. The summed E-state index contributed by atoms with van der Waals surface area (Å²) in [6, 6.07) is 21.3. The number of carbonyl (C=O) groups excluding carboxylic acids is 1. The molecule has 1 aliphatic heterocycles. The molecule has 0 radical (unpaired) electrons. The van der Waals surface area contributed by atoms with Crippen molar-refractivity contribution in [2.45, 2.75) is 39.3 Å². The molecule has 0 unspecified atom stereocenters. The lowest BCUT2D eigenvalue weighted by molar-refractivity contribution is -0.127. The maximum Gasteiger partial charge on any atom is 0.224 e. The highest BCUT2D eigenvalue weighted by molar-refractivity contribution is 6.31. The van der Waals surface area contributed by atoms with Gasteiger partial charge in [-0.25, -0.2) is 4.39 Å². The van der Waals surface area contributed by atoms with Gasteiger partial charge in [-0.05, 0) is 60.6 Å². The van der Waals surface area contributed by atoms with E-state index in [0.29, 0.717) is 25.2 Å². The van der Waals surface area contributed by atoms with Gasteiger partial charge in [-0.2, -0.15) is 0 Å². The van der Waals surface area contributed by atoms with Gasteiger partial charge in [0.05, 0.1) is 5.92 Å². The first-order valence-corrected chi connectivity index (χ1v) is 11.8. The Morgan fingerprint density at radius 1 is 1.06 bits per heavy atom. The van der Waals surface area contributed by atoms with Crippen LogP contribution in [0.1, 0.15) is 40.2 Å². The number of halogens is 2. The predicted octanol–water partition coefficient (Wildman–Crippen LogP) is 6.02. The van der Waals surface area contributed by atoms with E-state index in [1.54, 1.807) is 6.92 Å². The third kappa shape index (κ3) is 6.01. The number of aryl methyl sites for hydroxylation is 2. The van der Waals surface area contributed by atoms with E-state index in [4.69, 9.17) is 11.6 Å². The fourth-order valence-corrected chi connectivity index (χ4v) is 4.89. The number of piperidine rings is 1. The van der Waals surface area contributed by atoms with E-state index in [1.165, 1.54) is 11.6 Å². The Balaban J connectivity index is 1.52. The first-order valence-electron chi connectivity index (χ1n) is 11.4. The highest BCUT2D eigenvalue weighted by Gasteiger charge is 2.32. The molecule has 0 bridgehead atoms. The Kier molecular flexibility index (Phi) is 7.46. The van der Waals surface area contributed by atoms with Gasteiger partial charge >= 0.3 is 0 Å². The van der Waals surface area contributed by atoms with Gasteiger partial charge in [0, 0.05) is 31.2 Å². The van der Waals surface area contributed by atoms with E-state index in [9.17, 15) is 9.18 Å². The first kappa shape index (κ1) is 23.5. The number of nitrogens with one attached hydrogen (secondary N) is 1. The maximum atomic E-state index is 13.9. The molecule has 3 aromatic carbocycles. The maximum absolute atomic E-state index is 13.9. The van der Waals surface area contributed by atoms with Gasteiger partial charge in [-0.3, -0.25) is 9.69 Å². The number of hydrogen-bond donors (Lipinski definition) is 1. The number of benzene rings is 3. The zero-order valence-corrected chi connectivity index (χ0v) is 19.9. The fourth-order valence-electron chi connectivity index (χ4n) is 4.70. The SMILES string of the molecule is Cc1cccc(CNC(=O)[C@H]2C[C@@H](c3ccc(F)c(C)c3)CN(Cc3ccccc3Cl)C2)c1. The zero-order valence-electron chi connectivity index (χ0n) is 19.2. The molecule has 0 aliphatic carbocycles. The average Bonchev–Trinajstić information content (AvgIpc) is 2.80. The van der Waals surface area contributed by atoms with Crippen LogP contribution in [0.25, 0.3) is 0 Å². The summed E-state index contributed by atoms with van der Waals surface area (Å²) in [6.07, 6.45) is 0.740. The number of hydrogen-bond acceptors (Lipinski definition) is 2. The molecule has 1 aliphatic rings. The molecule has 0 spiro atoms. The van der Waals surface area contributed by atoms with Crippen LogP contribution in [0.2, 0.25) is 5.02 Å². The Labute approximate surface area is 200 Å². The summed E-state index contributed by atoms with van der Waals surface area (Å²) in [6.45, 7) is 6.50. The van der Waals surface area contributed by atoms with Crippen LogP contribution in [0.15, 0.2) is 66.7 Å². The number of carbonyl (C=O) groups is 1. The molecule has 3 nitrogen and oxygen atoms in total. The highest BCUT2D eigenvalue weighted by Crippen LogP contribution is 2.33. The highest BCUT2D eigenvalue weighted by atomic mass is 35.5. The van der Waals surface area contributed by atoms with Crippen molar-refractivity contribution in [1.82, 2.24) is 10.2 Å². The van der Waals surface area contributed by atoms with Crippen LogP contribution in [0.4, 0.5) is 4.39 Å². The van der Waals surface area contributed by atoms with E-state index in [0.717, 1.165) is 34.7 Å². The molecular weight excluding hydrogens is 435 g/mol. The zero-order chi connectivity index (χ0) is 23.4. The van der Waals surface area contributed by atoms with Crippen molar-refractivity contribution >= 4 is 17.5 Å². The van der Waals surface area contributed by atoms with E-state index < -0.39 is 0 Å². The molecule has 3 aromatic rings. The van der Waals surface area contributed by atoms with Crippen LogP contribution in [0.5, 0.6) is 0 Å². The van der Waals surface area contributed by atoms with Crippen molar-refractivity contribution < 1.29 is 9.18 Å². The molecule has 0 aromatic heterocycles. The molecule has 1 N–H and O–H groups in total. The van der Waals surface area contributed by atoms with Crippen LogP contribution >= 0.6 is 11.6 Å². The summed E-state index contributed by atoms with van der Waals surface area (Å²) >= 11 is 6.42. The first-order chi connectivity index (χ1) is 15.9. The van der Waals surface area contributed by atoms with Crippen LogP contribution in [-0.4, -0.2) is 23.9 Å². The van der Waals surface area contributed by atoms with Gasteiger partial charge in [0.2, 0.25) is 5.91 Å². The van der Waals surface area contributed by atoms with Gasteiger partial charge in [0.15, 0.2) is 0 Å². The summed E-state index contributed by atoms with van der Waals surface area (Å²) in [4.78, 5) is 15.5. The Hall–Kier alpha value is -2.69. The Morgan fingerprint density at radius 3 is 2.64 bits per heavy atom. The minimum Gasteiger partial charge on any atom is -0.352 e. The van der Waals surface area contributed by atoms with E-state index in [2.05, 4.69) is 16.3 Å². The van der Waals surface area contributed by atoms with Gasteiger partial charge in [-0.15, -0.1) is 0 Å². The molecule has 1 heterocycles. The molecule has 1 amide bonds. The van der Waals surface area contributed by atoms with Gasteiger partial charge in [0.1, 0.15) is 5.82 Å². The van der Waals surface area contributed by atoms with Crippen molar-refractivity contribution in [3.63, 3.8) is 0 Å². The molecule has 172 valence electrons. The second-order valence-corrected chi connectivity index (χ2v) is 9.54.